The van der Waals surface area contributed by atoms with Crippen molar-refractivity contribution in [3.05, 3.63) is 36.4 Å². The Labute approximate surface area is 131 Å². The third kappa shape index (κ3) is 3.80. The zero-order chi connectivity index (χ0) is 15.2. The molecule has 1 fully saturated rings. The third-order valence-electron chi connectivity index (χ3n) is 4.08. The first-order valence-corrected chi connectivity index (χ1v) is 8.08. The predicted octanol–water partition coefficient (Wildman–Crippen LogP) is 2.51. The van der Waals surface area contributed by atoms with Crippen molar-refractivity contribution in [3.63, 3.8) is 0 Å². The molecular weight excluding hydrogens is 274 g/mol. The molecule has 0 spiro atoms. The summed E-state index contributed by atoms with van der Waals surface area (Å²) in [6.45, 7) is 5.31. The number of rotatable bonds is 5. The van der Waals surface area contributed by atoms with Gasteiger partial charge in [-0.25, -0.2) is 9.97 Å². The molecule has 0 saturated carbocycles. The van der Waals surface area contributed by atoms with E-state index in [-0.39, 0.29) is 0 Å². The minimum Gasteiger partial charge on any atom is -0.370 e. The maximum Gasteiger partial charge on any atom is 0.131 e. The van der Waals surface area contributed by atoms with Gasteiger partial charge in [-0.3, -0.25) is 4.98 Å². The van der Waals surface area contributed by atoms with Gasteiger partial charge in [0.05, 0.1) is 5.69 Å². The fourth-order valence-corrected chi connectivity index (χ4v) is 2.74. The Morgan fingerprint density at radius 2 is 2.14 bits per heavy atom. The van der Waals surface area contributed by atoms with Crippen molar-refractivity contribution in [2.24, 2.45) is 5.92 Å². The molecule has 0 radical (unpaired) electrons. The molecule has 0 amide bonds. The lowest BCUT2D eigenvalue weighted by Gasteiger charge is -2.23. The maximum atomic E-state index is 4.62. The first-order valence-electron chi connectivity index (χ1n) is 8.08. The Bertz CT molecular complexity index is 593. The largest absolute Gasteiger partial charge is 0.370 e. The van der Waals surface area contributed by atoms with E-state index in [4.69, 9.17) is 0 Å². The van der Waals surface area contributed by atoms with Gasteiger partial charge in [0.15, 0.2) is 0 Å². The number of aromatic nitrogens is 3. The van der Waals surface area contributed by atoms with Gasteiger partial charge in [0.25, 0.3) is 0 Å². The highest BCUT2D eigenvalue weighted by Crippen LogP contribution is 2.20. The SMILES string of the molecule is CCc1nc(NCC2CCNCC2)cc(-c2cccnc2)n1. The summed E-state index contributed by atoms with van der Waals surface area (Å²) in [4.78, 5) is 13.4. The average molecular weight is 297 g/mol. The van der Waals surface area contributed by atoms with Gasteiger partial charge in [0.1, 0.15) is 11.6 Å². The van der Waals surface area contributed by atoms with Crippen molar-refractivity contribution in [2.45, 2.75) is 26.2 Å². The Morgan fingerprint density at radius 1 is 1.27 bits per heavy atom. The van der Waals surface area contributed by atoms with E-state index in [9.17, 15) is 0 Å². The number of aryl methyl sites for hydroxylation is 1. The highest BCUT2D eigenvalue weighted by Gasteiger charge is 2.13. The molecule has 5 nitrogen and oxygen atoms in total. The van der Waals surface area contributed by atoms with Crippen molar-refractivity contribution in [1.82, 2.24) is 20.3 Å². The van der Waals surface area contributed by atoms with Gasteiger partial charge in [-0.05, 0) is 44.0 Å². The van der Waals surface area contributed by atoms with E-state index in [0.717, 1.165) is 54.9 Å². The van der Waals surface area contributed by atoms with E-state index in [1.54, 1.807) is 6.20 Å². The molecule has 116 valence electrons. The van der Waals surface area contributed by atoms with Gasteiger partial charge in [0.2, 0.25) is 0 Å². The van der Waals surface area contributed by atoms with Gasteiger partial charge >= 0.3 is 0 Å². The smallest absolute Gasteiger partial charge is 0.131 e. The van der Waals surface area contributed by atoms with E-state index in [1.807, 2.05) is 24.4 Å². The fraction of sp³-hybridized carbons (Fsp3) is 0.471. The summed E-state index contributed by atoms with van der Waals surface area (Å²) in [5.41, 5.74) is 1.97. The standard InChI is InChI=1S/C17H23N5/c1-2-16-21-15(14-4-3-7-19-12-14)10-17(22-16)20-11-13-5-8-18-9-6-13/h3-4,7,10,12-13,18H,2,5-6,8-9,11H2,1H3,(H,20,21,22). The van der Waals surface area contributed by atoms with Crippen molar-refractivity contribution in [3.8, 4) is 11.3 Å². The topological polar surface area (TPSA) is 62.7 Å². The molecule has 2 aromatic heterocycles. The molecule has 0 unspecified atom stereocenters. The van der Waals surface area contributed by atoms with E-state index in [1.165, 1.54) is 12.8 Å². The van der Waals surface area contributed by atoms with Crippen molar-refractivity contribution >= 4 is 5.82 Å². The molecule has 2 N–H and O–H groups in total. The molecule has 1 saturated heterocycles. The highest BCUT2D eigenvalue weighted by atomic mass is 15.0. The molecule has 0 bridgehead atoms. The van der Waals surface area contributed by atoms with Crippen LogP contribution in [0.5, 0.6) is 0 Å². The fourth-order valence-electron chi connectivity index (χ4n) is 2.74. The zero-order valence-corrected chi connectivity index (χ0v) is 13.0. The molecule has 0 aliphatic carbocycles. The van der Waals surface area contributed by atoms with Crippen LogP contribution >= 0.6 is 0 Å². The second kappa shape index (κ2) is 7.31. The minimum atomic E-state index is 0.725. The lowest BCUT2D eigenvalue weighted by Crippen LogP contribution is -2.31. The van der Waals surface area contributed by atoms with E-state index >= 15 is 0 Å². The van der Waals surface area contributed by atoms with Crippen LogP contribution < -0.4 is 10.6 Å². The van der Waals surface area contributed by atoms with Crippen LogP contribution in [0.15, 0.2) is 30.6 Å². The molecule has 5 heteroatoms. The van der Waals surface area contributed by atoms with Crippen molar-refractivity contribution in [2.75, 3.05) is 25.0 Å². The van der Waals surface area contributed by atoms with Crippen molar-refractivity contribution in [1.29, 1.82) is 0 Å². The Kier molecular flexibility index (Phi) is 4.96. The van der Waals surface area contributed by atoms with Gasteiger partial charge in [-0.15, -0.1) is 0 Å². The molecule has 3 rings (SSSR count). The summed E-state index contributed by atoms with van der Waals surface area (Å²) in [6, 6.07) is 5.99. The summed E-state index contributed by atoms with van der Waals surface area (Å²) >= 11 is 0. The van der Waals surface area contributed by atoms with Crippen LogP contribution in [-0.4, -0.2) is 34.6 Å². The van der Waals surface area contributed by atoms with Crippen LogP contribution in [0, 0.1) is 5.92 Å². The summed E-state index contributed by atoms with van der Waals surface area (Å²) < 4.78 is 0. The second-order valence-corrected chi connectivity index (χ2v) is 5.72. The van der Waals surface area contributed by atoms with Crippen LogP contribution in [0.25, 0.3) is 11.3 Å². The van der Waals surface area contributed by atoms with Gasteiger partial charge in [-0.1, -0.05) is 6.92 Å². The molecule has 2 aromatic rings. The molecule has 1 aliphatic rings. The van der Waals surface area contributed by atoms with E-state index in [2.05, 4.69) is 32.5 Å². The van der Waals surface area contributed by atoms with Crippen LogP contribution in [0.1, 0.15) is 25.6 Å². The van der Waals surface area contributed by atoms with Gasteiger partial charge in [0, 0.05) is 37.0 Å². The van der Waals surface area contributed by atoms with Crippen LogP contribution in [0.4, 0.5) is 5.82 Å². The Hall–Kier alpha value is -2.01. The van der Waals surface area contributed by atoms with E-state index in [0.29, 0.717) is 0 Å². The molecule has 22 heavy (non-hydrogen) atoms. The van der Waals surface area contributed by atoms with Crippen LogP contribution in [-0.2, 0) is 6.42 Å². The Morgan fingerprint density at radius 3 is 2.86 bits per heavy atom. The predicted molar refractivity (Wildman–Crippen MR) is 88.7 cm³/mol. The number of nitrogens with one attached hydrogen (secondary N) is 2. The summed E-state index contributed by atoms with van der Waals surface area (Å²) in [7, 11) is 0. The quantitative estimate of drug-likeness (QED) is 0.888. The monoisotopic (exact) mass is 297 g/mol. The van der Waals surface area contributed by atoms with Crippen LogP contribution in [0.3, 0.4) is 0 Å². The average Bonchev–Trinajstić information content (AvgIpc) is 2.61. The normalized spacial score (nSPS) is 15.7. The van der Waals surface area contributed by atoms with Crippen molar-refractivity contribution < 1.29 is 0 Å². The number of anilines is 1. The first kappa shape index (κ1) is 14.9. The molecular formula is C17H23N5. The maximum absolute atomic E-state index is 4.62. The molecule has 1 aliphatic heterocycles. The van der Waals surface area contributed by atoms with E-state index < -0.39 is 0 Å². The zero-order valence-electron chi connectivity index (χ0n) is 13.0. The number of pyridine rings is 1. The summed E-state index contributed by atoms with van der Waals surface area (Å²) in [5.74, 6) is 2.52. The minimum absolute atomic E-state index is 0.725. The number of hydrogen-bond donors (Lipinski definition) is 2. The Balaban J connectivity index is 1.75. The summed E-state index contributed by atoms with van der Waals surface area (Å²) in [5, 5.41) is 6.90. The highest BCUT2D eigenvalue weighted by molar-refractivity contribution is 5.61. The molecule has 0 atom stereocenters. The van der Waals surface area contributed by atoms with Gasteiger partial charge < -0.3 is 10.6 Å². The number of piperidine rings is 1. The number of nitrogens with zero attached hydrogens (tertiary/aromatic N) is 3. The number of hydrogen-bond acceptors (Lipinski definition) is 5. The summed E-state index contributed by atoms with van der Waals surface area (Å²) in [6.07, 6.45) is 6.92. The second-order valence-electron chi connectivity index (χ2n) is 5.72. The molecule has 0 aromatic carbocycles. The lowest BCUT2D eigenvalue weighted by molar-refractivity contribution is 0.389. The lowest BCUT2D eigenvalue weighted by atomic mass is 9.98. The molecule has 3 heterocycles. The first-order chi connectivity index (χ1) is 10.8. The van der Waals surface area contributed by atoms with Crippen LogP contribution in [0.2, 0.25) is 0 Å². The van der Waals surface area contributed by atoms with Gasteiger partial charge in [-0.2, -0.15) is 0 Å². The third-order valence-corrected chi connectivity index (χ3v) is 4.08.